The van der Waals surface area contributed by atoms with Crippen molar-refractivity contribution in [1.82, 2.24) is 15.0 Å². The van der Waals surface area contributed by atoms with E-state index in [2.05, 4.69) is 182 Å². The topological polar surface area (TPSA) is 38.7 Å². The first-order valence-corrected chi connectivity index (χ1v) is 18.3. The summed E-state index contributed by atoms with van der Waals surface area (Å²) in [5.41, 5.74) is 10.0. The quantitative estimate of drug-likeness (QED) is 0.175. The number of hydrogen-bond acceptors (Lipinski definition) is 3. The van der Waals surface area contributed by atoms with Crippen LogP contribution in [0.15, 0.2) is 200 Å². The number of benzene rings is 9. The van der Waals surface area contributed by atoms with E-state index >= 15 is 0 Å². The second-order valence-corrected chi connectivity index (χ2v) is 13.7. The van der Waals surface area contributed by atoms with Crippen molar-refractivity contribution in [3.63, 3.8) is 0 Å². The van der Waals surface area contributed by atoms with E-state index in [0.717, 1.165) is 38.2 Å². The van der Waals surface area contributed by atoms with E-state index in [1.807, 2.05) is 18.2 Å². The number of nitrogens with zero attached hydrogens (tertiary/aromatic N) is 3. The number of aromatic nitrogens is 3. The molecule has 54 heavy (non-hydrogen) atoms. The fourth-order valence-corrected chi connectivity index (χ4v) is 7.52. The molecule has 0 atom stereocenters. The summed E-state index contributed by atoms with van der Waals surface area (Å²) in [6.07, 6.45) is 0. The molecule has 10 aromatic rings. The van der Waals surface area contributed by atoms with Crippen molar-refractivity contribution in [1.29, 1.82) is 0 Å². The molecule has 0 N–H and O–H groups in total. The maximum absolute atomic E-state index is 5.16. The monoisotopic (exact) mass is 687 g/mol. The molecule has 0 aliphatic carbocycles. The Balaban J connectivity index is 1.05. The van der Waals surface area contributed by atoms with Gasteiger partial charge in [-0.1, -0.05) is 170 Å². The molecule has 9 aromatic carbocycles. The molecule has 0 unspecified atom stereocenters. The predicted molar refractivity (Wildman–Crippen MR) is 225 cm³/mol. The molecular weight excluding hydrogens is 655 g/mol. The van der Waals surface area contributed by atoms with Crippen molar-refractivity contribution in [3.8, 4) is 67.5 Å². The Kier molecular flexibility index (Phi) is 7.81. The van der Waals surface area contributed by atoms with E-state index in [1.54, 1.807) is 0 Å². The predicted octanol–water partition coefficient (Wildman–Crippen LogP) is 13.3. The van der Waals surface area contributed by atoms with Gasteiger partial charge in [0.05, 0.1) is 0 Å². The second-order valence-electron chi connectivity index (χ2n) is 13.7. The molecule has 1 aromatic heterocycles. The molecule has 1 heterocycles. The van der Waals surface area contributed by atoms with Gasteiger partial charge in [0, 0.05) is 16.7 Å². The summed E-state index contributed by atoms with van der Waals surface area (Å²) >= 11 is 0. The second kappa shape index (κ2) is 13.4. The van der Waals surface area contributed by atoms with E-state index in [0.29, 0.717) is 17.5 Å². The van der Waals surface area contributed by atoms with Gasteiger partial charge in [-0.3, -0.25) is 0 Å². The van der Waals surface area contributed by atoms with Crippen LogP contribution >= 0.6 is 0 Å². The van der Waals surface area contributed by atoms with Crippen LogP contribution in [0, 0.1) is 0 Å². The third kappa shape index (κ3) is 5.88. The lowest BCUT2D eigenvalue weighted by molar-refractivity contribution is 1.08. The smallest absolute Gasteiger partial charge is 0.164 e. The van der Waals surface area contributed by atoms with Gasteiger partial charge in [0.1, 0.15) is 0 Å². The van der Waals surface area contributed by atoms with Crippen molar-refractivity contribution in [2.45, 2.75) is 0 Å². The lowest BCUT2D eigenvalue weighted by Gasteiger charge is -2.13. The number of hydrogen-bond donors (Lipinski definition) is 0. The molecule has 3 nitrogen and oxygen atoms in total. The zero-order valence-corrected chi connectivity index (χ0v) is 29.4. The molecule has 0 radical (unpaired) electrons. The first-order valence-electron chi connectivity index (χ1n) is 18.3. The Hall–Kier alpha value is -7.23. The zero-order chi connectivity index (χ0) is 35.8. The first-order chi connectivity index (χ1) is 26.7. The standard InChI is InChI=1S/C51H33N3/c1-3-13-35(14-4-1)45-28-29-48(47-21-10-9-20-46(45)47)51-53-49(36-15-5-2-6-16-36)52-50(54-51)44-27-26-42-32-41(24-25-43(42)33-44)39-19-11-18-38(31-39)40-23-22-34-12-7-8-17-37(34)30-40/h1-33H. The minimum atomic E-state index is 0.643. The van der Waals surface area contributed by atoms with E-state index in [-0.39, 0.29) is 0 Å². The van der Waals surface area contributed by atoms with Crippen LogP contribution in [0.1, 0.15) is 0 Å². The van der Waals surface area contributed by atoms with Gasteiger partial charge in [0.15, 0.2) is 17.5 Å². The lowest BCUT2D eigenvalue weighted by Crippen LogP contribution is -2.00. The third-order valence-corrected chi connectivity index (χ3v) is 10.3. The van der Waals surface area contributed by atoms with Gasteiger partial charge in [-0.25, -0.2) is 15.0 Å². The van der Waals surface area contributed by atoms with Crippen molar-refractivity contribution >= 4 is 32.3 Å². The van der Waals surface area contributed by atoms with Crippen LogP contribution in [-0.2, 0) is 0 Å². The summed E-state index contributed by atoms with van der Waals surface area (Å²) in [5, 5.41) is 7.05. The van der Waals surface area contributed by atoms with Crippen LogP contribution < -0.4 is 0 Å². The van der Waals surface area contributed by atoms with E-state index in [9.17, 15) is 0 Å². The number of rotatable bonds is 6. The van der Waals surface area contributed by atoms with Crippen LogP contribution in [0.25, 0.3) is 99.9 Å². The van der Waals surface area contributed by atoms with E-state index in [1.165, 1.54) is 44.2 Å². The first kappa shape index (κ1) is 31.5. The van der Waals surface area contributed by atoms with Gasteiger partial charge in [0.2, 0.25) is 0 Å². The molecule has 0 fully saturated rings. The summed E-state index contributed by atoms with van der Waals surface area (Å²) in [4.78, 5) is 15.3. The Morgan fingerprint density at radius 1 is 0.222 bits per heavy atom. The summed E-state index contributed by atoms with van der Waals surface area (Å²) in [5.74, 6) is 1.94. The Morgan fingerprint density at radius 2 is 0.648 bits per heavy atom. The molecule has 0 amide bonds. The van der Waals surface area contributed by atoms with Gasteiger partial charge in [0.25, 0.3) is 0 Å². The Morgan fingerprint density at radius 3 is 1.33 bits per heavy atom. The van der Waals surface area contributed by atoms with Crippen LogP contribution in [0.3, 0.4) is 0 Å². The van der Waals surface area contributed by atoms with Crippen LogP contribution in [-0.4, -0.2) is 15.0 Å². The average molecular weight is 688 g/mol. The molecule has 0 bridgehead atoms. The highest BCUT2D eigenvalue weighted by Gasteiger charge is 2.16. The minimum absolute atomic E-state index is 0.643. The van der Waals surface area contributed by atoms with Crippen molar-refractivity contribution in [2.24, 2.45) is 0 Å². The van der Waals surface area contributed by atoms with Gasteiger partial charge in [-0.15, -0.1) is 0 Å². The SMILES string of the molecule is c1ccc(-c2nc(-c3ccc4cc(-c5cccc(-c6ccc7ccccc7c6)c5)ccc4c3)nc(-c3ccc(-c4ccccc4)c4ccccc34)n2)cc1. The molecule has 3 heteroatoms. The van der Waals surface area contributed by atoms with Gasteiger partial charge >= 0.3 is 0 Å². The average Bonchev–Trinajstić information content (AvgIpc) is 3.26. The van der Waals surface area contributed by atoms with Gasteiger partial charge < -0.3 is 0 Å². The molecule has 10 rings (SSSR count). The highest BCUT2D eigenvalue weighted by molar-refractivity contribution is 6.04. The molecular formula is C51H33N3. The number of fused-ring (bicyclic) bond motifs is 3. The van der Waals surface area contributed by atoms with Crippen molar-refractivity contribution < 1.29 is 0 Å². The third-order valence-electron chi connectivity index (χ3n) is 10.3. The van der Waals surface area contributed by atoms with E-state index < -0.39 is 0 Å². The summed E-state index contributed by atoms with van der Waals surface area (Å²) in [6, 6.07) is 70.7. The zero-order valence-electron chi connectivity index (χ0n) is 29.4. The van der Waals surface area contributed by atoms with Gasteiger partial charge in [-0.05, 0) is 96.0 Å². The van der Waals surface area contributed by atoms with Crippen molar-refractivity contribution in [3.05, 3.63) is 200 Å². The summed E-state index contributed by atoms with van der Waals surface area (Å²) in [6.45, 7) is 0. The Bertz CT molecular complexity index is 2990. The highest BCUT2D eigenvalue weighted by Crippen LogP contribution is 2.37. The fourth-order valence-electron chi connectivity index (χ4n) is 7.52. The van der Waals surface area contributed by atoms with Crippen molar-refractivity contribution in [2.75, 3.05) is 0 Å². The van der Waals surface area contributed by atoms with Crippen LogP contribution in [0.2, 0.25) is 0 Å². The summed E-state index contributed by atoms with van der Waals surface area (Å²) in [7, 11) is 0. The molecule has 0 aliphatic rings. The lowest BCUT2D eigenvalue weighted by atomic mass is 9.94. The molecule has 0 spiro atoms. The molecule has 0 saturated carbocycles. The normalized spacial score (nSPS) is 11.3. The van der Waals surface area contributed by atoms with Crippen LogP contribution in [0.5, 0.6) is 0 Å². The minimum Gasteiger partial charge on any atom is -0.208 e. The van der Waals surface area contributed by atoms with Crippen LogP contribution in [0.4, 0.5) is 0 Å². The maximum Gasteiger partial charge on any atom is 0.164 e. The Labute approximate surface area is 313 Å². The molecule has 0 saturated heterocycles. The highest BCUT2D eigenvalue weighted by atomic mass is 15.0. The molecule has 252 valence electrons. The largest absolute Gasteiger partial charge is 0.208 e. The fraction of sp³-hybridized carbons (Fsp3) is 0. The van der Waals surface area contributed by atoms with Gasteiger partial charge in [-0.2, -0.15) is 0 Å². The maximum atomic E-state index is 5.16. The summed E-state index contributed by atoms with van der Waals surface area (Å²) < 4.78 is 0. The van der Waals surface area contributed by atoms with E-state index in [4.69, 9.17) is 15.0 Å². The molecule has 0 aliphatic heterocycles.